The predicted octanol–water partition coefficient (Wildman–Crippen LogP) is 3.68. The molecule has 1 fully saturated rings. The fourth-order valence-electron chi connectivity index (χ4n) is 5.06. The minimum Gasteiger partial charge on any atom is -0.392 e. The highest BCUT2D eigenvalue weighted by atomic mass is 32.2. The van der Waals surface area contributed by atoms with Gasteiger partial charge >= 0.3 is 0 Å². The van der Waals surface area contributed by atoms with Crippen molar-refractivity contribution in [3.8, 4) is 0 Å². The number of aliphatic hydroxyl groups is 1. The highest BCUT2D eigenvalue weighted by Crippen LogP contribution is 2.61. The molecule has 1 saturated heterocycles. The first-order valence-electron chi connectivity index (χ1n) is 12.3. The van der Waals surface area contributed by atoms with Crippen LogP contribution in [0.25, 0.3) is 0 Å². The van der Waals surface area contributed by atoms with Crippen LogP contribution in [0.15, 0.2) is 65.2 Å². The molecule has 0 aliphatic carbocycles. The third-order valence-electron chi connectivity index (χ3n) is 6.98. The smallest absolute Gasteiger partial charge is 0.269 e. The Kier molecular flexibility index (Phi) is 8.41. The van der Waals surface area contributed by atoms with Crippen molar-refractivity contribution in [3.05, 3.63) is 86.4 Å². The van der Waals surface area contributed by atoms with E-state index in [1.807, 2.05) is 30.1 Å². The predicted molar refractivity (Wildman–Crippen MR) is 148 cm³/mol. The number of nitrogens with zero attached hydrogens (tertiary/aromatic N) is 3. The van der Waals surface area contributed by atoms with Gasteiger partial charge < -0.3 is 5.11 Å². The van der Waals surface area contributed by atoms with Crippen molar-refractivity contribution >= 4 is 46.9 Å². The van der Waals surface area contributed by atoms with Gasteiger partial charge in [-0.05, 0) is 25.5 Å². The lowest BCUT2D eigenvalue weighted by atomic mass is 9.77. The summed E-state index contributed by atoms with van der Waals surface area (Å²) in [5, 5.41) is 21.3. The Bertz CT molecular complexity index is 1280. The third-order valence-corrected chi connectivity index (χ3v) is 8.77. The number of benzene rings is 2. The van der Waals surface area contributed by atoms with Gasteiger partial charge in [-0.2, -0.15) is 0 Å². The largest absolute Gasteiger partial charge is 0.392 e. The maximum absolute atomic E-state index is 13.3. The molecule has 38 heavy (non-hydrogen) atoms. The van der Waals surface area contributed by atoms with Crippen molar-refractivity contribution in [1.29, 1.82) is 0 Å². The number of thiol groups is 1. The number of Topliss-reactive ketones (excluding diaryl/α,β-unsaturated/α-hetero) is 1. The van der Waals surface area contributed by atoms with E-state index in [0.717, 1.165) is 5.56 Å². The van der Waals surface area contributed by atoms with Gasteiger partial charge in [-0.3, -0.25) is 34.3 Å². The van der Waals surface area contributed by atoms with E-state index in [9.17, 15) is 29.6 Å². The second-order valence-electron chi connectivity index (χ2n) is 9.53. The Morgan fingerprint density at radius 2 is 1.87 bits per heavy atom. The molecule has 0 radical (unpaired) electrons. The molecule has 3 atom stereocenters. The minimum atomic E-state index is -0.940. The Balaban J connectivity index is 1.56. The molecule has 4 rings (SSSR count). The number of non-ortho nitro benzene ring substituents is 1. The number of amides is 1. The van der Waals surface area contributed by atoms with Gasteiger partial charge in [0.15, 0.2) is 5.78 Å². The molecule has 1 N–H and O–H groups in total. The number of carbonyl (C=O) groups excluding carboxylic acids is 3. The summed E-state index contributed by atoms with van der Waals surface area (Å²) in [5.74, 6) is -1.11. The van der Waals surface area contributed by atoms with Crippen LogP contribution in [-0.4, -0.2) is 67.7 Å². The highest BCUT2D eigenvalue weighted by Gasteiger charge is 2.68. The molecule has 0 unspecified atom stereocenters. The summed E-state index contributed by atoms with van der Waals surface area (Å²) in [7, 11) is 1.82. The standard InChI is InChI=1S/C27H29N3O6S2/c1-3-20(31)23-25(33)29-24(26(34)37)22(13-14-28(2)16-21(32)18-7-5-4-6-8-18)38-27(23,29)15-17-9-11-19(12-10-17)30(35)36/h4-12,20,23,31H,3,13-16H2,1-2H3,(H,34,37)/t20-,23+,27+/m0/s1. The molecule has 2 aliphatic heterocycles. The van der Waals surface area contributed by atoms with Crippen LogP contribution in [-0.2, 0) is 16.0 Å². The van der Waals surface area contributed by atoms with E-state index in [1.165, 1.54) is 28.8 Å². The second kappa shape index (κ2) is 11.4. The van der Waals surface area contributed by atoms with Gasteiger partial charge in [-0.25, -0.2) is 0 Å². The van der Waals surface area contributed by atoms with Crippen molar-refractivity contribution in [2.45, 2.75) is 37.2 Å². The number of ketones is 1. The van der Waals surface area contributed by atoms with E-state index in [-0.39, 0.29) is 29.6 Å². The zero-order valence-corrected chi connectivity index (χ0v) is 22.8. The number of carbonyl (C=O) groups is 3. The Hall–Kier alpha value is -2.99. The molecular weight excluding hydrogens is 526 g/mol. The van der Waals surface area contributed by atoms with Crippen molar-refractivity contribution in [2.75, 3.05) is 20.1 Å². The molecule has 0 bridgehead atoms. The summed E-state index contributed by atoms with van der Waals surface area (Å²) in [4.78, 5) is 52.2. The Morgan fingerprint density at radius 3 is 2.45 bits per heavy atom. The lowest BCUT2D eigenvalue weighted by Gasteiger charge is -2.55. The van der Waals surface area contributed by atoms with E-state index in [1.54, 1.807) is 31.2 Å². The van der Waals surface area contributed by atoms with Gasteiger partial charge in [0.05, 0.1) is 23.5 Å². The fourth-order valence-corrected chi connectivity index (χ4v) is 7.16. The molecule has 2 aromatic carbocycles. The summed E-state index contributed by atoms with van der Waals surface area (Å²) in [6, 6.07) is 15.1. The summed E-state index contributed by atoms with van der Waals surface area (Å²) >= 11 is 5.44. The summed E-state index contributed by atoms with van der Waals surface area (Å²) in [5.41, 5.74) is 1.52. The molecule has 9 nitrogen and oxygen atoms in total. The average molecular weight is 556 g/mol. The zero-order chi connectivity index (χ0) is 27.6. The molecule has 2 aliphatic rings. The molecule has 1 amide bonds. The minimum absolute atomic E-state index is 0.0218. The maximum Gasteiger partial charge on any atom is 0.269 e. The first-order valence-corrected chi connectivity index (χ1v) is 13.5. The number of hydrogen-bond donors (Lipinski definition) is 2. The van der Waals surface area contributed by atoms with Crippen LogP contribution in [0, 0.1) is 16.0 Å². The monoisotopic (exact) mass is 555 g/mol. The lowest BCUT2D eigenvalue weighted by Crippen LogP contribution is -2.71. The van der Waals surface area contributed by atoms with Crippen LogP contribution in [0.2, 0.25) is 0 Å². The number of hydrogen-bond acceptors (Lipinski definition) is 8. The quantitative estimate of drug-likeness (QED) is 0.134. The van der Waals surface area contributed by atoms with Crippen LogP contribution in [0.3, 0.4) is 0 Å². The van der Waals surface area contributed by atoms with E-state index >= 15 is 0 Å². The summed E-state index contributed by atoms with van der Waals surface area (Å²) < 4.78 is 0. The molecule has 2 aromatic rings. The van der Waals surface area contributed by atoms with E-state index < -0.39 is 26.9 Å². The Labute approximate surface area is 230 Å². The van der Waals surface area contributed by atoms with Gasteiger partial charge in [-0.15, -0.1) is 0 Å². The van der Waals surface area contributed by atoms with Crippen molar-refractivity contribution in [2.24, 2.45) is 5.92 Å². The number of rotatable bonds is 12. The number of aliphatic hydroxyl groups excluding tert-OH is 1. The van der Waals surface area contributed by atoms with Crippen molar-refractivity contribution in [3.63, 3.8) is 0 Å². The van der Waals surface area contributed by atoms with Gasteiger partial charge in [0.2, 0.25) is 11.0 Å². The van der Waals surface area contributed by atoms with Gasteiger partial charge in [0.25, 0.3) is 5.69 Å². The topological polar surface area (TPSA) is 121 Å². The van der Waals surface area contributed by atoms with Crippen LogP contribution in [0.5, 0.6) is 0 Å². The SMILES string of the molecule is CC[C@H](O)[C@@H]1C(=O)N2C(C(=O)S)=C(CCN(C)CC(=O)c3ccccc3)S[C@]12Cc1ccc([N+](=O)[O-])cc1. The zero-order valence-electron chi connectivity index (χ0n) is 21.1. The number of nitro benzene ring substituents is 1. The molecule has 0 saturated carbocycles. The average Bonchev–Trinajstić information content (AvgIpc) is 3.18. The number of nitro groups is 1. The van der Waals surface area contributed by atoms with Gasteiger partial charge in [0, 0.05) is 35.6 Å². The fraction of sp³-hybridized carbons (Fsp3) is 0.370. The number of likely N-dealkylation sites (N-methyl/N-ethyl adjacent to an activating group) is 1. The summed E-state index contributed by atoms with van der Waals surface area (Å²) in [6.45, 7) is 2.44. The van der Waals surface area contributed by atoms with E-state index in [2.05, 4.69) is 12.6 Å². The van der Waals surface area contributed by atoms with Gasteiger partial charge in [0.1, 0.15) is 10.6 Å². The summed E-state index contributed by atoms with van der Waals surface area (Å²) in [6.07, 6.45) is 0.146. The maximum atomic E-state index is 13.3. The van der Waals surface area contributed by atoms with E-state index in [4.69, 9.17) is 0 Å². The Morgan fingerprint density at radius 1 is 1.21 bits per heavy atom. The molecule has 2 heterocycles. The normalized spacial score (nSPS) is 21.3. The third kappa shape index (κ3) is 5.28. The first kappa shape index (κ1) is 28.0. The van der Waals surface area contributed by atoms with Crippen LogP contribution in [0.4, 0.5) is 5.69 Å². The van der Waals surface area contributed by atoms with Crippen molar-refractivity contribution < 1.29 is 24.4 Å². The second-order valence-corrected chi connectivity index (χ2v) is 11.3. The number of β-lactam (4-membered cyclic amide) rings is 1. The van der Waals surface area contributed by atoms with Crippen LogP contribution < -0.4 is 0 Å². The lowest BCUT2D eigenvalue weighted by molar-refractivity contribution is -0.384. The molecular formula is C27H29N3O6S2. The van der Waals surface area contributed by atoms with Crippen LogP contribution in [0.1, 0.15) is 35.7 Å². The number of thioether (sulfide) groups is 1. The molecule has 200 valence electrons. The van der Waals surface area contributed by atoms with Crippen molar-refractivity contribution in [1.82, 2.24) is 9.80 Å². The van der Waals surface area contributed by atoms with Crippen LogP contribution >= 0.6 is 24.4 Å². The molecule has 0 aromatic heterocycles. The number of fused-ring (bicyclic) bond motifs is 1. The first-order chi connectivity index (χ1) is 18.1. The molecule has 0 spiro atoms. The molecule has 11 heteroatoms. The highest BCUT2D eigenvalue weighted by molar-refractivity contribution is 8.05. The van der Waals surface area contributed by atoms with E-state index in [0.29, 0.717) is 36.3 Å². The van der Waals surface area contributed by atoms with Gasteiger partial charge in [-0.1, -0.05) is 73.8 Å².